The van der Waals surface area contributed by atoms with Gasteiger partial charge >= 0.3 is 0 Å². The minimum atomic E-state index is -0.242. The van der Waals surface area contributed by atoms with Gasteiger partial charge in [-0.25, -0.2) is 0 Å². The fourth-order valence-corrected chi connectivity index (χ4v) is 1.07. The van der Waals surface area contributed by atoms with Gasteiger partial charge in [0.25, 0.3) is 0 Å². The Balaban J connectivity index is 2.10. The third kappa shape index (κ3) is 0.686. The van der Waals surface area contributed by atoms with Gasteiger partial charge in [-0.05, 0) is 6.92 Å². The van der Waals surface area contributed by atoms with Crippen LogP contribution >= 0.6 is 0 Å². The van der Waals surface area contributed by atoms with E-state index in [1.807, 2.05) is 0 Å². The Morgan fingerprint density at radius 2 is 2.44 bits per heavy atom. The Kier molecular flexibility index (Phi) is 0.926. The molecule has 3 heteroatoms. The minimum absolute atomic E-state index is 0.0914. The smallest absolute Gasteiger partial charge is 0.192 e. The summed E-state index contributed by atoms with van der Waals surface area (Å²) in [6.45, 7) is 2.36. The summed E-state index contributed by atoms with van der Waals surface area (Å²) < 4.78 is 10.1. The van der Waals surface area contributed by atoms with E-state index in [4.69, 9.17) is 9.47 Å². The van der Waals surface area contributed by atoms with Gasteiger partial charge in [-0.3, -0.25) is 4.79 Å². The van der Waals surface area contributed by atoms with E-state index in [-0.39, 0.29) is 24.1 Å². The first-order chi connectivity index (χ1) is 4.29. The van der Waals surface area contributed by atoms with Gasteiger partial charge in [0.1, 0.15) is 18.3 Å². The molecule has 9 heavy (non-hydrogen) atoms. The lowest BCUT2D eigenvalue weighted by Gasteiger charge is -2.12. The zero-order chi connectivity index (χ0) is 6.43. The zero-order valence-electron chi connectivity index (χ0n) is 5.16. The molecule has 3 atom stereocenters. The number of carbonyl (C=O) groups excluding carboxylic acids is 1. The van der Waals surface area contributed by atoms with Crippen LogP contribution in [0.2, 0.25) is 0 Å². The van der Waals surface area contributed by atoms with Crippen LogP contribution in [0.3, 0.4) is 0 Å². The van der Waals surface area contributed by atoms with Gasteiger partial charge in [-0.15, -0.1) is 0 Å². The van der Waals surface area contributed by atoms with E-state index in [0.717, 1.165) is 0 Å². The van der Waals surface area contributed by atoms with Crippen LogP contribution in [0, 0.1) is 0 Å². The van der Waals surface area contributed by atoms with Crippen LogP contribution < -0.4 is 0 Å². The first kappa shape index (κ1) is 5.38. The molecule has 50 valence electrons. The lowest BCUT2D eigenvalue weighted by atomic mass is 10.1. The summed E-state index contributed by atoms with van der Waals surface area (Å²) in [5.41, 5.74) is 0. The van der Waals surface area contributed by atoms with Crippen molar-refractivity contribution in [1.29, 1.82) is 0 Å². The van der Waals surface area contributed by atoms with Crippen molar-refractivity contribution in [3.05, 3.63) is 0 Å². The lowest BCUT2D eigenvalue weighted by Crippen LogP contribution is -2.33. The molecule has 0 radical (unpaired) electrons. The maximum atomic E-state index is 10.9. The molecule has 2 rings (SSSR count). The van der Waals surface area contributed by atoms with Crippen LogP contribution in [0.1, 0.15) is 6.92 Å². The number of hydrogen-bond acceptors (Lipinski definition) is 3. The molecule has 0 saturated carbocycles. The summed E-state index contributed by atoms with van der Waals surface area (Å²) in [4.78, 5) is 10.9. The molecule has 3 unspecified atom stereocenters. The Morgan fingerprint density at radius 3 is 3.11 bits per heavy atom. The van der Waals surface area contributed by atoms with Crippen molar-refractivity contribution in [3.63, 3.8) is 0 Å². The molecule has 3 nitrogen and oxygen atoms in total. The van der Waals surface area contributed by atoms with E-state index < -0.39 is 0 Å². The molecular formula is C6H8O3. The van der Waals surface area contributed by atoms with Crippen molar-refractivity contribution in [2.45, 2.75) is 25.2 Å². The number of epoxide rings is 1. The summed E-state index contributed by atoms with van der Waals surface area (Å²) in [7, 11) is 0. The second kappa shape index (κ2) is 1.55. The van der Waals surface area contributed by atoms with Crippen LogP contribution in [0.4, 0.5) is 0 Å². The maximum absolute atomic E-state index is 10.9. The summed E-state index contributed by atoms with van der Waals surface area (Å²) in [6, 6.07) is 0. The van der Waals surface area contributed by atoms with E-state index >= 15 is 0 Å². The minimum Gasteiger partial charge on any atom is -0.368 e. The largest absolute Gasteiger partial charge is 0.368 e. The number of carbonyl (C=O) groups is 1. The highest BCUT2D eigenvalue weighted by Crippen LogP contribution is 2.29. The van der Waals surface area contributed by atoms with E-state index in [1.165, 1.54) is 0 Å². The number of ketones is 1. The van der Waals surface area contributed by atoms with Crippen molar-refractivity contribution in [2.75, 3.05) is 6.61 Å². The van der Waals surface area contributed by atoms with Crippen LogP contribution in [0.25, 0.3) is 0 Å². The van der Waals surface area contributed by atoms with Gasteiger partial charge in [0.15, 0.2) is 5.78 Å². The van der Waals surface area contributed by atoms with Crippen molar-refractivity contribution < 1.29 is 14.3 Å². The van der Waals surface area contributed by atoms with Gasteiger partial charge < -0.3 is 9.47 Å². The van der Waals surface area contributed by atoms with Crippen molar-refractivity contribution >= 4 is 5.78 Å². The third-order valence-electron chi connectivity index (χ3n) is 1.77. The number of ether oxygens (including phenoxy) is 2. The van der Waals surface area contributed by atoms with Crippen LogP contribution in [-0.2, 0) is 14.3 Å². The fourth-order valence-electron chi connectivity index (χ4n) is 1.07. The molecule has 0 aromatic heterocycles. The molecule has 0 spiro atoms. The standard InChI is InChI=1S/C6H8O3/c1-3-5(7)6-4(9-6)2-8-3/h3-4,6H,2H2,1H3. The highest BCUT2D eigenvalue weighted by atomic mass is 16.6. The quantitative estimate of drug-likeness (QED) is 0.422. The Morgan fingerprint density at radius 1 is 1.67 bits per heavy atom. The Bertz CT molecular complexity index is 150. The molecule has 0 aromatic carbocycles. The number of rotatable bonds is 0. The average Bonchev–Trinajstić information content (AvgIpc) is 2.58. The monoisotopic (exact) mass is 128 g/mol. The molecule has 2 aliphatic heterocycles. The molecule has 2 saturated heterocycles. The van der Waals surface area contributed by atoms with Crippen molar-refractivity contribution in [1.82, 2.24) is 0 Å². The zero-order valence-corrected chi connectivity index (χ0v) is 5.16. The van der Waals surface area contributed by atoms with E-state index in [9.17, 15) is 4.79 Å². The van der Waals surface area contributed by atoms with Gasteiger partial charge in [0.05, 0.1) is 6.61 Å². The fraction of sp³-hybridized carbons (Fsp3) is 0.833. The van der Waals surface area contributed by atoms with Gasteiger partial charge in [0.2, 0.25) is 0 Å². The lowest BCUT2D eigenvalue weighted by molar-refractivity contribution is -0.132. The molecule has 0 amide bonds. The highest BCUT2D eigenvalue weighted by molar-refractivity contribution is 5.90. The predicted octanol–water partition coefficient (Wildman–Crippen LogP) is -0.258. The molecule has 0 aromatic rings. The normalized spacial score (nSPS) is 48.6. The second-order valence-corrected chi connectivity index (χ2v) is 2.47. The number of hydrogen-bond donors (Lipinski definition) is 0. The Hall–Kier alpha value is -0.410. The van der Waals surface area contributed by atoms with Gasteiger partial charge in [0, 0.05) is 0 Å². The van der Waals surface area contributed by atoms with Gasteiger partial charge in [-0.1, -0.05) is 0 Å². The topological polar surface area (TPSA) is 38.8 Å². The van der Waals surface area contributed by atoms with E-state index in [2.05, 4.69) is 0 Å². The molecule has 2 aliphatic rings. The summed E-state index contributed by atoms with van der Waals surface area (Å²) in [5, 5.41) is 0. The SMILES string of the molecule is CC1OCC2OC2C1=O. The summed E-state index contributed by atoms with van der Waals surface area (Å²) >= 11 is 0. The number of Topliss-reactive ketones (excluding diaryl/α,β-unsaturated/α-hetero) is 1. The first-order valence-electron chi connectivity index (χ1n) is 3.10. The average molecular weight is 128 g/mol. The maximum Gasteiger partial charge on any atom is 0.192 e. The molecular weight excluding hydrogens is 120 g/mol. The van der Waals surface area contributed by atoms with Gasteiger partial charge in [-0.2, -0.15) is 0 Å². The third-order valence-corrected chi connectivity index (χ3v) is 1.77. The summed E-state index contributed by atoms with van der Waals surface area (Å²) in [5.74, 6) is 0.103. The molecule has 2 fully saturated rings. The van der Waals surface area contributed by atoms with Crippen molar-refractivity contribution in [3.8, 4) is 0 Å². The van der Waals surface area contributed by atoms with Crippen LogP contribution in [0.15, 0.2) is 0 Å². The Labute approximate surface area is 52.9 Å². The number of fused-ring (bicyclic) bond motifs is 1. The van der Waals surface area contributed by atoms with Crippen LogP contribution in [-0.4, -0.2) is 30.7 Å². The summed E-state index contributed by atoms with van der Waals surface area (Å²) in [6.07, 6.45) is -0.267. The van der Waals surface area contributed by atoms with E-state index in [0.29, 0.717) is 6.61 Å². The molecule has 0 aliphatic carbocycles. The second-order valence-electron chi connectivity index (χ2n) is 2.47. The first-order valence-corrected chi connectivity index (χ1v) is 3.10. The molecule has 0 N–H and O–H groups in total. The highest BCUT2D eigenvalue weighted by Gasteiger charge is 2.50. The predicted molar refractivity (Wildman–Crippen MR) is 29.1 cm³/mol. The molecule has 2 heterocycles. The van der Waals surface area contributed by atoms with Crippen molar-refractivity contribution in [2.24, 2.45) is 0 Å². The van der Waals surface area contributed by atoms with E-state index in [1.54, 1.807) is 6.92 Å². The molecule has 0 bridgehead atoms. The van der Waals surface area contributed by atoms with Crippen LogP contribution in [0.5, 0.6) is 0 Å².